The highest BCUT2D eigenvalue weighted by Crippen LogP contribution is 2.33. The van der Waals surface area contributed by atoms with Crippen LogP contribution in [0.3, 0.4) is 0 Å². The van der Waals surface area contributed by atoms with E-state index in [9.17, 15) is 4.39 Å². The third kappa shape index (κ3) is 2.87. The SMILES string of the molecule is CC(C)(C)NCc1cc2c(F)c(Br)cc(Cl)c2o1. The van der Waals surface area contributed by atoms with Gasteiger partial charge in [0.05, 0.1) is 21.4 Å². The molecule has 0 amide bonds. The lowest BCUT2D eigenvalue weighted by molar-refractivity contribution is 0.395. The first-order valence-electron chi connectivity index (χ1n) is 5.59. The van der Waals surface area contributed by atoms with Gasteiger partial charge in [-0.25, -0.2) is 4.39 Å². The molecule has 0 unspecified atom stereocenters. The number of hydrogen-bond acceptors (Lipinski definition) is 2. The van der Waals surface area contributed by atoms with Crippen molar-refractivity contribution in [2.75, 3.05) is 0 Å². The lowest BCUT2D eigenvalue weighted by atomic mass is 10.1. The number of fused-ring (bicyclic) bond motifs is 1. The average Bonchev–Trinajstić information content (AvgIpc) is 2.67. The minimum Gasteiger partial charge on any atom is -0.458 e. The summed E-state index contributed by atoms with van der Waals surface area (Å²) in [7, 11) is 0. The van der Waals surface area contributed by atoms with E-state index in [2.05, 4.69) is 42.0 Å². The molecule has 0 spiro atoms. The molecule has 0 saturated carbocycles. The van der Waals surface area contributed by atoms with Gasteiger partial charge in [-0.1, -0.05) is 11.6 Å². The molecule has 0 radical (unpaired) electrons. The Kier molecular flexibility index (Phi) is 3.72. The highest BCUT2D eigenvalue weighted by atomic mass is 79.9. The fourth-order valence-electron chi connectivity index (χ4n) is 1.59. The van der Waals surface area contributed by atoms with Crippen LogP contribution in [0.5, 0.6) is 0 Å². The second-order valence-electron chi connectivity index (χ2n) is 5.21. The predicted molar refractivity (Wildman–Crippen MR) is 75.5 cm³/mol. The first kappa shape index (κ1) is 13.8. The first-order valence-corrected chi connectivity index (χ1v) is 6.76. The summed E-state index contributed by atoms with van der Waals surface area (Å²) in [5.41, 5.74) is 0.366. The maximum atomic E-state index is 13.9. The van der Waals surface area contributed by atoms with Crippen LogP contribution in [0.4, 0.5) is 4.39 Å². The van der Waals surface area contributed by atoms with E-state index in [0.29, 0.717) is 32.8 Å². The van der Waals surface area contributed by atoms with E-state index in [1.54, 1.807) is 6.07 Å². The Morgan fingerprint density at radius 1 is 1.39 bits per heavy atom. The highest BCUT2D eigenvalue weighted by molar-refractivity contribution is 9.10. The lowest BCUT2D eigenvalue weighted by Crippen LogP contribution is -2.34. The molecule has 18 heavy (non-hydrogen) atoms. The molecule has 0 bridgehead atoms. The summed E-state index contributed by atoms with van der Waals surface area (Å²) < 4.78 is 19.8. The van der Waals surface area contributed by atoms with E-state index in [-0.39, 0.29) is 11.4 Å². The average molecular weight is 335 g/mol. The largest absolute Gasteiger partial charge is 0.458 e. The molecule has 0 aliphatic rings. The molecule has 2 aromatic rings. The van der Waals surface area contributed by atoms with Gasteiger partial charge in [0, 0.05) is 5.54 Å². The summed E-state index contributed by atoms with van der Waals surface area (Å²) in [6.07, 6.45) is 0. The van der Waals surface area contributed by atoms with Crippen molar-refractivity contribution in [3.05, 3.63) is 33.2 Å². The molecule has 98 valence electrons. The maximum absolute atomic E-state index is 13.9. The number of rotatable bonds is 2. The van der Waals surface area contributed by atoms with Crippen LogP contribution in [0.25, 0.3) is 11.0 Å². The molecule has 2 nitrogen and oxygen atoms in total. The van der Waals surface area contributed by atoms with Crippen LogP contribution < -0.4 is 5.32 Å². The van der Waals surface area contributed by atoms with Crippen molar-refractivity contribution in [2.24, 2.45) is 0 Å². The monoisotopic (exact) mass is 333 g/mol. The molecule has 1 heterocycles. The molecule has 0 aliphatic heterocycles. The molecular formula is C13H14BrClFNO. The molecule has 1 aromatic heterocycles. The summed E-state index contributed by atoms with van der Waals surface area (Å²) in [4.78, 5) is 0. The van der Waals surface area contributed by atoms with E-state index in [0.717, 1.165) is 0 Å². The summed E-state index contributed by atoms with van der Waals surface area (Å²) in [6.45, 7) is 6.70. The fraction of sp³-hybridized carbons (Fsp3) is 0.385. The van der Waals surface area contributed by atoms with Crippen molar-refractivity contribution in [3.8, 4) is 0 Å². The van der Waals surface area contributed by atoms with Gasteiger partial charge in [0.1, 0.15) is 11.6 Å². The van der Waals surface area contributed by atoms with E-state index in [1.807, 2.05) is 0 Å². The molecule has 0 saturated heterocycles. The van der Waals surface area contributed by atoms with Crippen LogP contribution in [-0.4, -0.2) is 5.54 Å². The van der Waals surface area contributed by atoms with Crippen LogP contribution in [0.15, 0.2) is 21.0 Å². The van der Waals surface area contributed by atoms with Gasteiger partial charge < -0.3 is 9.73 Å². The fourth-order valence-corrected chi connectivity index (χ4v) is 2.41. The highest BCUT2D eigenvalue weighted by Gasteiger charge is 2.16. The quantitative estimate of drug-likeness (QED) is 0.792. The number of nitrogens with one attached hydrogen (secondary N) is 1. The zero-order valence-electron chi connectivity index (χ0n) is 10.4. The summed E-state index contributed by atoms with van der Waals surface area (Å²) in [6, 6.07) is 3.18. The molecule has 0 atom stereocenters. The Morgan fingerprint density at radius 3 is 2.67 bits per heavy atom. The van der Waals surface area contributed by atoms with Crippen LogP contribution >= 0.6 is 27.5 Å². The zero-order valence-corrected chi connectivity index (χ0v) is 12.7. The molecule has 1 aromatic carbocycles. The van der Waals surface area contributed by atoms with Crippen molar-refractivity contribution in [1.29, 1.82) is 0 Å². The topological polar surface area (TPSA) is 25.2 Å². The lowest BCUT2D eigenvalue weighted by Gasteiger charge is -2.19. The minimum atomic E-state index is -0.347. The van der Waals surface area contributed by atoms with E-state index in [1.165, 1.54) is 6.07 Å². The number of hydrogen-bond donors (Lipinski definition) is 1. The van der Waals surface area contributed by atoms with Gasteiger partial charge in [-0.15, -0.1) is 0 Å². The van der Waals surface area contributed by atoms with Crippen molar-refractivity contribution in [3.63, 3.8) is 0 Å². The van der Waals surface area contributed by atoms with Crippen LogP contribution in [-0.2, 0) is 6.54 Å². The van der Waals surface area contributed by atoms with Crippen LogP contribution in [0.1, 0.15) is 26.5 Å². The Balaban J connectivity index is 2.38. The van der Waals surface area contributed by atoms with Crippen LogP contribution in [0.2, 0.25) is 5.02 Å². The Hall–Kier alpha value is -0.580. The molecular weight excluding hydrogens is 321 g/mol. The predicted octanol–water partition coefficient (Wildman–Crippen LogP) is 4.88. The maximum Gasteiger partial charge on any atom is 0.155 e. The van der Waals surface area contributed by atoms with Gasteiger partial charge in [-0.05, 0) is 48.8 Å². The van der Waals surface area contributed by atoms with Crippen LogP contribution in [0, 0.1) is 5.82 Å². The Morgan fingerprint density at radius 2 is 2.06 bits per heavy atom. The third-order valence-electron chi connectivity index (χ3n) is 2.49. The van der Waals surface area contributed by atoms with Gasteiger partial charge >= 0.3 is 0 Å². The summed E-state index contributed by atoms with van der Waals surface area (Å²) in [5.74, 6) is 0.319. The van der Waals surface area contributed by atoms with Gasteiger partial charge in [0.15, 0.2) is 5.58 Å². The van der Waals surface area contributed by atoms with Gasteiger partial charge in [0.25, 0.3) is 0 Å². The number of benzene rings is 1. The van der Waals surface area contributed by atoms with Gasteiger partial charge in [-0.3, -0.25) is 0 Å². The molecule has 5 heteroatoms. The smallest absolute Gasteiger partial charge is 0.155 e. The standard InChI is InChI=1S/C13H14BrClFNO/c1-13(2,3)17-6-7-4-8-11(16)9(14)5-10(15)12(8)18-7/h4-5,17H,6H2,1-3H3. The number of halogens is 3. The normalized spacial score (nSPS) is 12.3. The Labute approximate surface area is 119 Å². The van der Waals surface area contributed by atoms with E-state index < -0.39 is 0 Å². The molecule has 0 fully saturated rings. The van der Waals surface area contributed by atoms with E-state index >= 15 is 0 Å². The molecule has 0 aliphatic carbocycles. The second-order valence-corrected chi connectivity index (χ2v) is 6.47. The van der Waals surface area contributed by atoms with Crippen molar-refractivity contribution >= 4 is 38.5 Å². The van der Waals surface area contributed by atoms with E-state index in [4.69, 9.17) is 16.0 Å². The van der Waals surface area contributed by atoms with Crippen molar-refractivity contribution < 1.29 is 8.81 Å². The van der Waals surface area contributed by atoms with Gasteiger partial charge in [0.2, 0.25) is 0 Å². The summed E-state index contributed by atoms with van der Waals surface area (Å²) in [5, 5.41) is 4.09. The third-order valence-corrected chi connectivity index (χ3v) is 3.35. The van der Waals surface area contributed by atoms with Crippen molar-refractivity contribution in [2.45, 2.75) is 32.9 Å². The Bertz CT molecular complexity index is 589. The molecule has 1 N–H and O–H groups in total. The van der Waals surface area contributed by atoms with Crippen molar-refractivity contribution in [1.82, 2.24) is 5.32 Å². The first-order chi connectivity index (χ1) is 8.28. The second kappa shape index (κ2) is 4.83. The van der Waals surface area contributed by atoms with Gasteiger partial charge in [-0.2, -0.15) is 0 Å². The molecule has 2 rings (SSSR count). The number of furan rings is 1. The zero-order chi connectivity index (χ0) is 13.5. The minimum absolute atomic E-state index is 0.0259. The summed E-state index contributed by atoms with van der Waals surface area (Å²) >= 11 is 9.16.